The van der Waals surface area contributed by atoms with Crippen LogP contribution < -0.4 is 0 Å². The van der Waals surface area contributed by atoms with Crippen molar-refractivity contribution < 1.29 is 0 Å². The van der Waals surface area contributed by atoms with Gasteiger partial charge in [0.15, 0.2) is 0 Å². The molecule has 0 amide bonds. The minimum absolute atomic E-state index is 0.376. The van der Waals surface area contributed by atoms with Gasteiger partial charge in [-0.15, -0.1) is 0 Å². The topological polar surface area (TPSA) is 49.7 Å². The largest absolute Gasteiger partial charge is 0.347 e. The minimum atomic E-state index is 0.376. The molecule has 0 bridgehead atoms. The lowest BCUT2D eigenvalue weighted by molar-refractivity contribution is 0.132. The molecule has 23 heavy (non-hydrogen) atoms. The van der Waals surface area contributed by atoms with Crippen LogP contribution in [0.2, 0.25) is 0 Å². The number of piperidine rings is 1. The van der Waals surface area contributed by atoms with Crippen LogP contribution in [0.1, 0.15) is 36.8 Å². The molecule has 1 aliphatic heterocycles. The number of nitrogens with one attached hydrogen (secondary N) is 1. The van der Waals surface area contributed by atoms with Gasteiger partial charge in [-0.1, -0.05) is 24.6 Å². The zero-order valence-corrected chi connectivity index (χ0v) is 13.1. The van der Waals surface area contributed by atoms with Gasteiger partial charge < -0.3 is 4.98 Å². The summed E-state index contributed by atoms with van der Waals surface area (Å²) in [6.07, 6.45) is 9.46. The van der Waals surface area contributed by atoms with Crippen molar-refractivity contribution in [2.45, 2.75) is 31.8 Å². The Labute approximate surface area is 136 Å². The fourth-order valence-electron chi connectivity index (χ4n) is 3.33. The van der Waals surface area contributed by atoms with Crippen LogP contribution in [0.3, 0.4) is 0 Å². The van der Waals surface area contributed by atoms with E-state index < -0.39 is 0 Å². The number of aromatic nitrogens is 4. The van der Waals surface area contributed by atoms with Crippen LogP contribution >= 0.6 is 0 Å². The van der Waals surface area contributed by atoms with Crippen LogP contribution in [0, 0.1) is 0 Å². The molecule has 0 radical (unpaired) electrons. The van der Waals surface area contributed by atoms with Crippen molar-refractivity contribution in [2.24, 2.45) is 0 Å². The molecule has 3 heterocycles. The number of H-pyrrole nitrogens is 1. The van der Waals surface area contributed by atoms with Gasteiger partial charge in [-0.25, -0.2) is 9.67 Å². The Kier molecular flexibility index (Phi) is 3.94. The summed E-state index contributed by atoms with van der Waals surface area (Å²) in [6, 6.07) is 12.7. The van der Waals surface area contributed by atoms with Gasteiger partial charge in [-0.3, -0.25) is 4.90 Å². The molecule has 0 aliphatic carbocycles. The van der Waals surface area contributed by atoms with Crippen molar-refractivity contribution in [3.05, 3.63) is 66.5 Å². The Hall–Kier alpha value is -2.40. The molecule has 118 valence electrons. The highest BCUT2D eigenvalue weighted by molar-refractivity contribution is 5.30. The number of likely N-dealkylation sites (tertiary alicyclic amines) is 1. The van der Waals surface area contributed by atoms with Gasteiger partial charge in [0.1, 0.15) is 5.82 Å². The van der Waals surface area contributed by atoms with E-state index in [0.29, 0.717) is 6.04 Å². The molecule has 2 aromatic heterocycles. The van der Waals surface area contributed by atoms with Crippen LogP contribution in [0.25, 0.3) is 5.69 Å². The molecule has 1 saturated heterocycles. The van der Waals surface area contributed by atoms with Gasteiger partial charge in [0.2, 0.25) is 0 Å². The number of rotatable bonds is 4. The molecule has 0 spiro atoms. The highest BCUT2D eigenvalue weighted by Crippen LogP contribution is 2.29. The van der Waals surface area contributed by atoms with Crippen LogP contribution in [0.15, 0.2) is 55.0 Å². The van der Waals surface area contributed by atoms with Gasteiger partial charge >= 0.3 is 0 Å². The van der Waals surface area contributed by atoms with Crippen molar-refractivity contribution >= 4 is 0 Å². The van der Waals surface area contributed by atoms with Crippen molar-refractivity contribution in [1.29, 1.82) is 0 Å². The third kappa shape index (κ3) is 3.05. The first-order valence-corrected chi connectivity index (χ1v) is 8.23. The van der Waals surface area contributed by atoms with E-state index in [0.717, 1.165) is 36.7 Å². The van der Waals surface area contributed by atoms with Gasteiger partial charge in [0.05, 0.1) is 17.4 Å². The molecule has 4 rings (SSSR count). The summed E-state index contributed by atoms with van der Waals surface area (Å²) in [6.45, 7) is 1.97. The molecule has 1 fully saturated rings. The lowest BCUT2D eigenvalue weighted by Crippen LogP contribution is -2.33. The smallest absolute Gasteiger partial charge is 0.123 e. The van der Waals surface area contributed by atoms with E-state index in [1.807, 2.05) is 41.5 Å². The van der Waals surface area contributed by atoms with Crippen LogP contribution in [-0.4, -0.2) is 31.2 Å². The lowest BCUT2D eigenvalue weighted by atomic mass is 10.0. The van der Waals surface area contributed by atoms with E-state index in [9.17, 15) is 0 Å². The zero-order valence-electron chi connectivity index (χ0n) is 13.1. The molecular weight excluding hydrogens is 286 g/mol. The zero-order chi connectivity index (χ0) is 15.5. The quantitative estimate of drug-likeness (QED) is 0.804. The molecule has 3 aromatic rings. The Balaban J connectivity index is 1.52. The second kappa shape index (κ2) is 6.38. The summed E-state index contributed by atoms with van der Waals surface area (Å²) in [5.41, 5.74) is 2.20. The fraction of sp³-hybridized carbons (Fsp3) is 0.333. The maximum atomic E-state index is 4.73. The van der Waals surface area contributed by atoms with Gasteiger partial charge in [-0.05, 0) is 37.6 Å². The number of benzene rings is 1. The number of hydrogen-bond acceptors (Lipinski definition) is 3. The maximum Gasteiger partial charge on any atom is 0.123 e. The fourth-order valence-corrected chi connectivity index (χ4v) is 3.33. The number of nitrogens with zero attached hydrogens (tertiary/aromatic N) is 4. The average Bonchev–Trinajstić information content (AvgIpc) is 3.28. The van der Waals surface area contributed by atoms with E-state index >= 15 is 0 Å². The summed E-state index contributed by atoms with van der Waals surface area (Å²) in [7, 11) is 0. The van der Waals surface area contributed by atoms with Gasteiger partial charge in [0, 0.05) is 25.1 Å². The summed E-state index contributed by atoms with van der Waals surface area (Å²) in [4.78, 5) is 10.2. The second-order valence-electron chi connectivity index (χ2n) is 6.04. The lowest BCUT2D eigenvalue weighted by Gasteiger charge is -2.33. The third-order valence-corrected chi connectivity index (χ3v) is 4.48. The van der Waals surface area contributed by atoms with E-state index in [1.54, 1.807) is 0 Å². The summed E-state index contributed by atoms with van der Waals surface area (Å²) in [5.74, 6) is 1.08. The summed E-state index contributed by atoms with van der Waals surface area (Å²) in [5, 5.41) is 4.73. The van der Waals surface area contributed by atoms with E-state index in [-0.39, 0.29) is 0 Å². The van der Waals surface area contributed by atoms with Crippen molar-refractivity contribution in [3.8, 4) is 5.69 Å². The monoisotopic (exact) mass is 307 g/mol. The Bertz CT molecular complexity index is 732. The van der Waals surface area contributed by atoms with E-state index in [4.69, 9.17) is 5.10 Å². The molecule has 5 nitrogen and oxygen atoms in total. The number of aromatic amines is 1. The molecule has 0 saturated carbocycles. The molecule has 1 aromatic carbocycles. The molecule has 1 atom stereocenters. The van der Waals surface area contributed by atoms with Crippen LogP contribution in [-0.2, 0) is 6.54 Å². The SMILES string of the molecule is c1ccc(-n2ccc(CN3CCCCC3c3ncc[nH]3)n2)cc1. The highest BCUT2D eigenvalue weighted by Gasteiger charge is 2.26. The summed E-state index contributed by atoms with van der Waals surface area (Å²) >= 11 is 0. The third-order valence-electron chi connectivity index (χ3n) is 4.48. The first-order valence-electron chi connectivity index (χ1n) is 8.23. The average molecular weight is 307 g/mol. The molecular formula is C18H21N5. The Morgan fingerprint density at radius 3 is 2.87 bits per heavy atom. The van der Waals surface area contributed by atoms with Crippen LogP contribution in [0.5, 0.6) is 0 Å². The van der Waals surface area contributed by atoms with E-state index in [1.165, 1.54) is 12.8 Å². The first-order chi connectivity index (χ1) is 11.4. The van der Waals surface area contributed by atoms with Crippen molar-refractivity contribution in [3.63, 3.8) is 0 Å². The molecule has 1 N–H and O–H groups in total. The van der Waals surface area contributed by atoms with Crippen molar-refractivity contribution in [1.82, 2.24) is 24.6 Å². The normalized spacial score (nSPS) is 19.0. The predicted molar refractivity (Wildman–Crippen MR) is 89.2 cm³/mol. The van der Waals surface area contributed by atoms with Crippen molar-refractivity contribution in [2.75, 3.05) is 6.54 Å². The van der Waals surface area contributed by atoms with Gasteiger partial charge in [-0.2, -0.15) is 5.10 Å². The first kappa shape index (κ1) is 14.2. The number of imidazole rings is 1. The second-order valence-corrected chi connectivity index (χ2v) is 6.04. The predicted octanol–water partition coefficient (Wildman–Crippen LogP) is 3.32. The van der Waals surface area contributed by atoms with E-state index in [2.05, 4.69) is 33.1 Å². The highest BCUT2D eigenvalue weighted by atomic mass is 15.3. The minimum Gasteiger partial charge on any atom is -0.347 e. The standard InChI is InChI=1S/C18H21N5/c1-2-6-16(7-3-1)23-13-9-15(21-23)14-22-12-5-4-8-17(22)18-19-10-11-20-18/h1-3,6-7,9-11,13,17H,4-5,8,12,14H2,(H,19,20). The molecule has 1 aliphatic rings. The number of hydrogen-bond donors (Lipinski definition) is 1. The maximum absolute atomic E-state index is 4.73. The summed E-state index contributed by atoms with van der Waals surface area (Å²) < 4.78 is 1.95. The Morgan fingerprint density at radius 2 is 2.04 bits per heavy atom. The number of para-hydroxylation sites is 1. The van der Waals surface area contributed by atoms with Crippen LogP contribution in [0.4, 0.5) is 0 Å². The molecule has 1 unspecified atom stereocenters. The Morgan fingerprint density at radius 1 is 1.13 bits per heavy atom. The van der Waals surface area contributed by atoms with Gasteiger partial charge in [0.25, 0.3) is 0 Å². The molecule has 5 heteroatoms.